The average molecular weight is 353 g/mol. The second-order valence-electron chi connectivity index (χ2n) is 5.69. The van der Waals surface area contributed by atoms with Crippen LogP contribution in [0.1, 0.15) is 12.5 Å². The van der Waals surface area contributed by atoms with Gasteiger partial charge in [-0.05, 0) is 43.3 Å². The monoisotopic (exact) mass is 353 g/mol. The first-order valence-corrected chi connectivity index (χ1v) is 8.08. The molecular formula is C19H19N3O4. The number of hydrogen-bond acceptors (Lipinski definition) is 6. The van der Waals surface area contributed by atoms with Crippen LogP contribution in [0.4, 0.5) is 5.95 Å². The highest BCUT2D eigenvalue weighted by Crippen LogP contribution is 2.27. The molecule has 0 saturated carbocycles. The van der Waals surface area contributed by atoms with Gasteiger partial charge in [0, 0.05) is 5.56 Å². The number of aryl methyl sites for hydroxylation is 1. The minimum atomic E-state index is -0.771. The third kappa shape index (κ3) is 4.00. The molecule has 1 atom stereocenters. The molecule has 134 valence electrons. The summed E-state index contributed by atoms with van der Waals surface area (Å²) in [5.74, 6) is 1.05. The van der Waals surface area contributed by atoms with Crippen LogP contribution in [0.25, 0.3) is 11.5 Å². The van der Waals surface area contributed by atoms with Crippen LogP contribution in [0, 0.1) is 6.92 Å². The van der Waals surface area contributed by atoms with Crippen LogP contribution in [-0.4, -0.2) is 29.3 Å². The predicted octanol–water partition coefficient (Wildman–Crippen LogP) is 3.46. The van der Waals surface area contributed by atoms with Crippen molar-refractivity contribution >= 4 is 11.9 Å². The number of para-hydroxylation sites is 2. The van der Waals surface area contributed by atoms with Crippen LogP contribution in [-0.2, 0) is 4.79 Å². The molecule has 1 amide bonds. The molecule has 2 aromatic carbocycles. The second-order valence-corrected chi connectivity index (χ2v) is 5.69. The lowest BCUT2D eigenvalue weighted by Gasteiger charge is -2.15. The van der Waals surface area contributed by atoms with Crippen molar-refractivity contribution in [3.05, 3.63) is 54.1 Å². The molecule has 1 unspecified atom stereocenters. The third-order valence-electron chi connectivity index (χ3n) is 3.70. The van der Waals surface area contributed by atoms with Crippen molar-refractivity contribution < 1.29 is 18.8 Å². The predicted molar refractivity (Wildman–Crippen MR) is 96.2 cm³/mol. The van der Waals surface area contributed by atoms with E-state index in [1.165, 1.54) is 0 Å². The summed E-state index contributed by atoms with van der Waals surface area (Å²) in [6, 6.07) is 14.8. The highest BCUT2D eigenvalue weighted by Gasteiger charge is 2.19. The van der Waals surface area contributed by atoms with Gasteiger partial charge >= 0.3 is 0 Å². The molecule has 3 rings (SSSR count). The van der Waals surface area contributed by atoms with Crippen LogP contribution in [0.15, 0.2) is 53.1 Å². The number of rotatable bonds is 6. The summed E-state index contributed by atoms with van der Waals surface area (Å²) in [4.78, 5) is 16.5. The van der Waals surface area contributed by atoms with Crippen LogP contribution in [0.3, 0.4) is 0 Å². The smallest absolute Gasteiger partial charge is 0.270 e. The molecule has 7 heteroatoms. The number of nitrogens with one attached hydrogen (secondary N) is 1. The maximum atomic E-state index is 12.3. The molecule has 0 saturated heterocycles. The Kier molecular flexibility index (Phi) is 5.17. The fourth-order valence-electron chi connectivity index (χ4n) is 2.26. The van der Waals surface area contributed by atoms with Crippen molar-refractivity contribution in [2.75, 3.05) is 12.4 Å². The van der Waals surface area contributed by atoms with Crippen LogP contribution in [0.2, 0.25) is 0 Å². The number of carbonyl (C=O) groups is 1. The molecular weight excluding hydrogens is 334 g/mol. The molecule has 0 aliphatic heterocycles. The minimum Gasteiger partial charge on any atom is -0.493 e. The highest BCUT2D eigenvalue weighted by atomic mass is 16.5. The molecule has 0 bridgehead atoms. The number of ether oxygens (including phenoxy) is 2. The number of benzene rings is 2. The minimum absolute atomic E-state index is 0.0843. The Hall–Kier alpha value is -3.35. The molecule has 1 heterocycles. The molecule has 26 heavy (non-hydrogen) atoms. The largest absolute Gasteiger partial charge is 0.493 e. The first kappa shape index (κ1) is 17.5. The Morgan fingerprint density at radius 1 is 1.12 bits per heavy atom. The van der Waals surface area contributed by atoms with Gasteiger partial charge in [0.1, 0.15) is 0 Å². The van der Waals surface area contributed by atoms with Gasteiger partial charge in [0.25, 0.3) is 17.7 Å². The van der Waals surface area contributed by atoms with Gasteiger partial charge in [-0.1, -0.05) is 29.8 Å². The number of hydrogen-bond donors (Lipinski definition) is 1. The Balaban J connectivity index is 1.65. The van der Waals surface area contributed by atoms with Gasteiger partial charge in [-0.25, -0.2) is 0 Å². The quantitative estimate of drug-likeness (QED) is 0.730. The molecule has 0 aliphatic carbocycles. The molecule has 1 N–H and O–H groups in total. The van der Waals surface area contributed by atoms with Crippen molar-refractivity contribution in [3.8, 4) is 23.0 Å². The van der Waals surface area contributed by atoms with Crippen molar-refractivity contribution in [3.63, 3.8) is 0 Å². The first-order chi connectivity index (χ1) is 12.6. The van der Waals surface area contributed by atoms with E-state index in [0.717, 1.165) is 11.1 Å². The third-order valence-corrected chi connectivity index (χ3v) is 3.70. The number of anilines is 1. The molecule has 0 aliphatic rings. The normalized spacial score (nSPS) is 11.7. The van der Waals surface area contributed by atoms with Crippen molar-refractivity contribution in [1.82, 2.24) is 10.1 Å². The first-order valence-electron chi connectivity index (χ1n) is 8.08. The lowest BCUT2D eigenvalue weighted by atomic mass is 10.1. The number of aromatic nitrogens is 2. The van der Waals surface area contributed by atoms with Crippen LogP contribution < -0.4 is 14.8 Å². The molecule has 3 aromatic rings. The standard InChI is InChI=1S/C19H19N3O4/c1-12-8-10-14(11-9-12)18-21-19(22-26-18)20-17(23)13(2)25-16-7-5-4-6-15(16)24-3/h4-11,13H,1-3H3,(H,20,22,23). The second kappa shape index (κ2) is 7.69. The summed E-state index contributed by atoms with van der Waals surface area (Å²) in [7, 11) is 1.54. The Morgan fingerprint density at radius 2 is 1.81 bits per heavy atom. The van der Waals surface area contributed by atoms with E-state index in [2.05, 4.69) is 15.5 Å². The Labute approximate surface area is 150 Å². The molecule has 7 nitrogen and oxygen atoms in total. The topological polar surface area (TPSA) is 86.5 Å². The zero-order valence-corrected chi connectivity index (χ0v) is 14.7. The lowest BCUT2D eigenvalue weighted by molar-refractivity contribution is -0.122. The summed E-state index contributed by atoms with van der Waals surface area (Å²) in [5.41, 5.74) is 1.91. The Bertz CT molecular complexity index is 890. The highest BCUT2D eigenvalue weighted by molar-refractivity contribution is 5.92. The fraction of sp³-hybridized carbons (Fsp3) is 0.211. The van der Waals surface area contributed by atoms with Gasteiger partial charge < -0.3 is 14.0 Å². The van der Waals surface area contributed by atoms with E-state index in [4.69, 9.17) is 14.0 Å². The van der Waals surface area contributed by atoms with E-state index < -0.39 is 12.0 Å². The Morgan fingerprint density at radius 3 is 2.50 bits per heavy atom. The fourth-order valence-corrected chi connectivity index (χ4v) is 2.26. The summed E-state index contributed by atoms with van der Waals surface area (Å²) in [6.45, 7) is 3.62. The van der Waals surface area contributed by atoms with Gasteiger partial charge in [-0.2, -0.15) is 4.98 Å². The molecule has 1 aromatic heterocycles. The zero-order valence-electron chi connectivity index (χ0n) is 14.7. The van der Waals surface area contributed by atoms with Gasteiger partial charge in [-0.15, -0.1) is 0 Å². The van der Waals surface area contributed by atoms with E-state index in [1.54, 1.807) is 32.2 Å². The summed E-state index contributed by atoms with van der Waals surface area (Å²) >= 11 is 0. The molecule has 0 radical (unpaired) electrons. The molecule has 0 spiro atoms. The summed E-state index contributed by atoms with van der Waals surface area (Å²) < 4.78 is 16.0. The van der Waals surface area contributed by atoms with Crippen molar-refractivity contribution in [2.24, 2.45) is 0 Å². The number of carbonyl (C=O) groups excluding carboxylic acids is 1. The van der Waals surface area contributed by atoms with E-state index >= 15 is 0 Å². The van der Waals surface area contributed by atoms with Gasteiger partial charge in [0.05, 0.1) is 7.11 Å². The number of methoxy groups -OCH3 is 1. The van der Waals surface area contributed by atoms with Gasteiger partial charge in [0.15, 0.2) is 17.6 Å². The van der Waals surface area contributed by atoms with Crippen molar-refractivity contribution in [2.45, 2.75) is 20.0 Å². The van der Waals surface area contributed by atoms with Crippen LogP contribution in [0.5, 0.6) is 11.5 Å². The van der Waals surface area contributed by atoms with Gasteiger partial charge in [-0.3, -0.25) is 10.1 Å². The molecule has 0 fully saturated rings. The van der Waals surface area contributed by atoms with E-state index in [0.29, 0.717) is 17.4 Å². The average Bonchev–Trinajstić information content (AvgIpc) is 3.11. The lowest BCUT2D eigenvalue weighted by Crippen LogP contribution is -2.30. The maximum Gasteiger partial charge on any atom is 0.270 e. The van der Waals surface area contributed by atoms with Gasteiger partial charge in [0.2, 0.25) is 0 Å². The van der Waals surface area contributed by atoms with E-state index in [9.17, 15) is 4.79 Å². The summed E-state index contributed by atoms with van der Waals surface area (Å²) in [6.07, 6.45) is -0.771. The summed E-state index contributed by atoms with van der Waals surface area (Å²) in [5, 5.41) is 6.36. The van der Waals surface area contributed by atoms with E-state index in [-0.39, 0.29) is 5.95 Å². The van der Waals surface area contributed by atoms with Crippen LogP contribution >= 0.6 is 0 Å². The number of amides is 1. The van der Waals surface area contributed by atoms with E-state index in [1.807, 2.05) is 37.3 Å². The van der Waals surface area contributed by atoms with Crippen molar-refractivity contribution in [1.29, 1.82) is 0 Å². The maximum absolute atomic E-state index is 12.3. The number of nitrogens with zero attached hydrogens (tertiary/aromatic N) is 2. The zero-order chi connectivity index (χ0) is 18.5. The SMILES string of the molecule is COc1ccccc1OC(C)C(=O)Nc1noc(-c2ccc(C)cc2)n1.